The Morgan fingerprint density at radius 3 is 2.78 bits per heavy atom. The Labute approximate surface area is 158 Å². The summed E-state index contributed by atoms with van der Waals surface area (Å²) >= 11 is 0. The standard InChI is InChI=1S/C20H25N5O2/c1-4-5-7-20(23-24-20)8-6-19(27)21-11-16(26)12-25-13-22-17-9-14(2)15(3)10-18(17)25/h1,9-10,13,16,26H,5-8,11-12H2,2-3H3,(H,21,27). The van der Waals surface area contributed by atoms with Crippen LogP contribution in [0.15, 0.2) is 28.7 Å². The van der Waals surface area contributed by atoms with Crippen LogP contribution in [0.4, 0.5) is 0 Å². The Bertz CT molecular complexity index is 903. The first kappa shape index (κ1) is 19.1. The van der Waals surface area contributed by atoms with Crippen molar-refractivity contribution in [1.29, 1.82) is 0 Å². The number of rotatable bonds is 9. The molecule has 2 aromatic rings. The average Bonchev–Trinajstić information content (AvgIpc) is 3.33. The number of aromatic nitrogens is 2. The number of carbonyl (C=O) groups excluding carboxylic acids is 1. The monoisotopic (exact) mass is 367 g/mol. The number of amides is 1. The lowest BCUT2D eigenvalue weighted by atomic mass is 10.0. The fourth-order valence-electron chi connectivity index (χ4n) is 3.05. The molecule has 0 radical (unpaired) electrons. The van der Waals surface area contributed by atoms with Gasteiger partial charge in [-0.3, -0.25) is 4.79 Å². The number of terminal acetylenes is 1. The Hall–Kier alpha value is -2.72. The summed E-state index contributed by atoms with van der Waals surface area (Å²) in [6.45, 7) is 4.67. The lowest BCUT2D eigenvalue weighted by molar-refractivity contribution is -0.121. The second kappa shape index (κ2) is 7.89. The summed E-state index contributed by atoms with van der Waals surface area (Å²) in [4.78, 5) is 16.4. The highest BCUT2D eigenvalue weighted by Gasteiger charge is 2.39. The van der Waals surface area contributed by atoms with Gasteiger partial charge in [0.15, 0.2) is 5.66 Å². The van der Waals surface area contributed by atoms with Gasteiger partial charge in [0.1, 0.15) is 0 Å². The van der Waals surface area contributed by atoms with Gasteiger partial charge >= 0.3 is 0 Å². The summed E-state index contributed by atoms with van der Waals surface area (Å²) in [7, 11) is 0. The number of hydrogen-bond donors (Lipinski definition) is 2. The molecule has 0 saturated heterocycles. The molecule has 3 rings (SSSR count). The van der Waals surface area contributed by atoms with E-state index >= 15 is 0 Å². The third-order valence-electron chi connectivity index (χ3n) is 4.98. The lowest BCUT2D eigenvalue weighted by Crippen LogP contribution is -2.34. The van der Waals surface area contributed by atoms with Gasteiger partial charge in [-0.1, -0.05) is 0 Å². The zero-order valence-corrected chi connectivity index (χ0v) is 15.8. The van der Waals surface area contributed by atoms with E-state index in [1.807, 2.05) is 10.6 Å². The summed E-state index contributed by atoms with van der Waals surface area (Å²) in [6.07, 6.45) is 8.45. The quantitative estimate of drug-likeness (QED) is 0.667. The van der Waals surface area contributed by atoms with Crippen molar-refractivity contribution >= 4 is 16.9 Å². The molecule has 142 valence electrons. The van der Waals surface area contributed by atoms with Gasteiger partial charge < -0.3 is 15.0 Å². The van der Waals surface area contributed by atoms with E-state index in [2.05, 4.69) is 46.4 Å². The summed E-state index contributed by atoms with van der Waals surface area (Å²) in [5.41, 5.74) is 3.81. The van der Waals surface area contributed by atoms with Gasteiger partial charge in [-0.2, -0.15) is 10.2 Å². The molecule has 7 heteroatoms. The van der Waals surface area contributed by atoms with E-state index in [9.17, 15) is 9.90 Å². The van der Waals surface area contributed by atoms with Gasteiger partial charge in [-0.25, -0.2) is 4.98 Å². The number of carbonyl (C=O) groups is 1. The van der Waals surface area contributed by atoms with Crippen molar-refractivity contribution in [1.82, 2.24) is 14.9 Å². The van der Waals surface area contributed by atoms with Crippen LogP contribution in [0.25, 0.3) is 11.0 Å². The maximum Gasteiger partial charge on any atom is 0.220 e. The Morgan fingerprint density at radius 2 is 2.07 bits per heavy atom. The van der Waals surface area contributed by atoms with Crippen LogP contribution in [0.1, 0.15) is 36.8 Å². The molecule has 1 aromatic carbocycles. The smallest absolute Gasteiger partial charge is 0.220 e. The Morgan fingerprint density at radius 1 is 1.33 bits per heavy atom. The van der Waals surface area contributed by atoms with Crippen molar-refractivity contribution in [2.75, 3.05) is 6.54 Å². The number of aliphatic hydroxyl groups excluding tert-OH is 1. The maximum atomic E-state index is 12.0. The zero-order chi connectivity index (χ0) is 19.4. The molecule has 27 heavy (non-hydrogen) atoms. The van der Waals surface area contributed by atoms with E-state index in [0.717, 1.165) is 11.0 Å². The molecule has 1 aliphatic rings. The first-order chi connectivity index (χ1) is 12.9. The SMILES string of the molecule is C#CCCC1(CCC(=O)NCC(O)Cn2cnc3cc(C)c(C)cc32)N=N1. The predicted molar refractivity (Wildman–Crippen MR) is 103 cm³/mol. The van der Waals surface area contributed by atoms with Gasteiger partial charge in [0, 0.05) is 32.2 Å². The van der Waals surface area contributed by atoms with E-state index in [0.29, 0.717) is 32.2 Å². The molecule has 2 heterocycles. The maximum absolute atomic E-state index is 12.0. The van der Waals surface area contributed by atoms with E-state index in [1.54, 1.807) is 6.33 Å². The third-order valence-corrected chi connectivity index (χ3v) is 4.98. The molecule has 1 aliphatic heterocycles. The number of nitrogens with zero attached hydrogens (tertiary/aromatic N) is 4. The van der Waals surface area contributed by atoms with Crippen LogP contribution in [0.2, 0.25) is 0 Å². The number of imidazole rings is 1. The minimum Gasteiger partial charge on any atom is -0.389 e. The van der Waals surface area contributed by atoms with E-state index in [4.69, 9.17) is 6.42 Å². The average molecular weight is 367 g/mol. The molecule has 1 amide bonds. The molecule has 0 spiro atoms. The number of fused-ring (bicyclic) bond motifs is 1. The molecule has 1 aromatic heterocycles. The fraction of sp³-hybridized carbons (Fsp3) is 0.500. The largest absolute Gasteiger partial charge is 0.389 e. The van der Waals surface area contributed by atoms with Crippen molar-refractivity contribution in [2.45, 2.75) is 57.8 Å². The number of hydrogen-bond acceptors (Lipinski definition) is 5. The molecule has 0 fully saturated rings. The van der Waals surface area contributed by atoms with Gasteiger partial charge in [-0.15, -0.1) is 12.3 Å². The first-order valence-corrected chi connectivity index (χ1v) is 9.17. The van der Waals surface area contributed by atoms with E-state index < -0.39 is 11.8 Å². The van der Waals surface area contributed by atoms with E-state index in [-0.39, 0.29) is 12.5 Å². The second-order valence-corrected chi connectivity index (χ2v) is 7.17. The van der Waals surface area contributed by atoms with Crippen LogP contribution in [-0.2, 0) is 11.3 Å². The van der Waals surface area contributed by atoms with Crippen LogP contribution < -0.4 is 5.32 Å². The second-order valence-electron chi connectivity index (χ2n) is 7.17. The van der Waals surface area contributed by atoms with Crippen molar-refractivity contribution in [3.8, 4) is 12.3 Å². The Kier molecular flexibility index (Phi) is 5.57. The van der Waals surface area contributed by atoms with Crippen LogP contribution in [-0.4, -0.2) is 38.9 Å². The molecule has 1 atom stereocenters. The number of aryl methyl sites for hydroxylation is 2. The minimum atomic E-state index is -0.696. The summed E-state index contributed by atoms with van der Waals surface area (Å²) in [6, 6.07) is 4.11. The normalized spacial score (nSPS) is 15.5. The van der Waals surface area contributed by atoms with Gasteiger partial charge in [0.25, 0.3) is 0 Å². The molecule has 1 unspecified atom stereocenters. The van der Waals surface area contributed by atoms with Crippen LogP contribution >= 0.6 is 0 Å². The summed E-state index contributed by atoms with van der Waals surface area (Å²) < 4.78 is 1.91. The fourth-order valence-corrected chi connectivity index (χ4v) is 3.05. The highest BCUT2D eigenvalue weighted by molar-refractivity contribution is 5.77. The molecular weight excluding hydrogens is 342 g/mol. The third kappa shape index (κ3) is 4.72. The number of benzene rings is 1. The van der Waals surface area contributed by atoms with Gasteiger partial charge in [-0.05, 0) is 37.1 Å². The van der Waals surface area contributed by atoms with Crippen molar-refractivity contribution in [3.05, 3.63) is 29.6 Å². The Balaban J connectivity index is 1.46. The van der Waals surface area contributed by atoms with Crippen LogP contribution in [0.5, 0.6) is 0 Å². The number of aliphatic hydroxyl groups is 1. The van der Waals surface area contributed by atoms with Crippen molar-refractivity contribution < 1.29 is 9.90 Å². The molecule has 2 N–H and O–H groups in total. The van der Waals surface area contributed by atoms with Crippen LogP contribution in [0, 0.1) is 26.2 Å². The van der Waals surface area contributed by atoms with Crippen molar-refractivity contribution in [2.24, 2.45) is 10.2 Å². The molecular formula is C20H25N5O2. The summed E-state index contributed by atoms with van der Waals surface area (Å²) in [5.74, 6) is 2.45. The highest BCUT2D eigenvalue weighted by Crippen LogP contribution is 2.37. The minimum absolute atomic E-state index is 0.117. The van der Waals surface area contributed by atoms with E-state index in [1.165, 1.54) is 11.1 Å². The number of nitrogens with one attached hydrogen (secondary N) is 1. The molecule has 0 aliphatic carbocycles. The molecule has 0 bridgehead atoms. The first-order valence-electron chi connectivity index (χ1n) is 9.17. The highest BCUT2D eigenvalue weighted by atomic mass is 16.3. The predicted octanol–water partition coefficient (Wildman–Crippen LogP) is 2.49. The van der Waals surface area contributed by atoms with Gasteiger partial charge in [0.2, 0.25) is 5.91 Å². The lowest BCUT2D eigenvalue weighted by Gasteiger charge is -2.14. The topological polar surface area (TPSA) is 91.9 Å². The van der Waals surface area contributed by atoms with Crippen LogP contribution in [0.3, 0.4) is 0 Å². The van der Waals surface area contributed by atoms with Crippen molar-refractivity contribution in [3.63, 3.8) is 0 Å². The molecule has 0 saturated carbocycles. The summed E-state index contributed by atoms with van der Waals surface area (Å²) in [5, 5.41) is 21.1. The van der Waals surface area contributed by atoms with Gasteiger partial charge in [0.05, 0.1) is 30.0 Å². The molecule has 7 nitrogen and oxygen atoms in total. The zero-order valence-electron chi connectivity index (χ0n) is 15.8.